The van der Waals surface area contributed by atoms with Crippen molar-refractivity contribution in [2.75, 3.05) is 14.2 Å². The van der Waals surface area contributed by atoms with Gasteiger partial charge < -0.3 is 29.6 Å². The van der Waals surface area contributed by atoms with Gasteiger partial charge >= 0.3 is 24.1 Å². The maximum Gasteiger partial charge on any atom is 0.408 e. The summed E-state index contributed by atoms with van der Waals surface area (Å²) in [7, 11) is 2.42. The summed E-state index contributed by atoms with van der Waals surface area (Å²) in [5.74, 6) is -1.37. The molecule has 2 amide bonds. The Kier molecular flexibility index (Phi) is 10.4. The lowest BCUT2D eigenvalue weighted by Crippen LogP contribution is -2.46. The predicted octanol–water partition coefficient (Wildman–Crippen LogP) is 2.34. The molecule has 3 heterocycles. The number of carbonyl (C=O) groups excluding carboxylic acids is 4. The van der Waals surface area contributed by atoms with Gasteiger partial charge in [-0.2, -0.15) is 8.75 Å². The van der Waals surface area contributed by atoms with E-state index in [4.69, 9.17) is 18.9 Å². The maximum atomic E-state index is 12.4. The number of fused-ring (bicyclic) bond motifs is 1. The number of hydrogen-bond acceptors (Lipinski definition) is 15. The second-order valence-electron chi connectivity index (χ2n) is 12.2. The Hall–Kier alpha value is -5.20. The number of esters is 2. The fourth-order valence-corrected chi connectivity index (χ4v) is 4.79. The van der Waals surface area contributed by atoms with Crippen LogP contribution in [-0.4, -0.2) is 100 Å². The molecule has 0 spiro atoms. The van der Waals surface area contributed by atoms with Gasteiger partial charge in [0.1, 0.15) is 45.7 Å². The van der Waals surface area contributed by atoms with Crippen LogP contribution in [0.4, 0.5) is 9.59 Å². The molecule has 0 aliphatic rings. The van der Waals surface area contributed by atoms with Crippen LogP contribution in [0.5, 0.6) is 0 Å². The molecule has 252 valence electrons. The predicted molar refractivity (Wildman–Crippen MR) is 166 cm³/mol. The number of nitrogens with one attached hydrogen (secondary N) is 2. The minimum atomic E-state index is -1.09. The molecule has 2 atom stereocenters. The summed E-state index contributed by atoms with van der Waals surface area (Å²) in [4.78, 5) is 49.4. The monoisotopic (exact) mass is 672 g/mol. The lowest BCUT2D eigenvalue weighted by atomic mass is 10.0. The third-order valence-electron chi connectivity index (χ3n) is 6.14. The fraction of sp³-hybridized carbons (Fsp3) is 0.500. The molecule has 1 aromatic carbocycles. The number of methoxy groups -OCH3 is 2. The number of alkyl carbamates (subject to hydrolysis) is 2. The van der Waals surface area contributed by atoms with Crippen molar-refractivity contribution in [1.82, 2.24) is 49.4 Å². The molecule has 0 radical (unpaired) electrons. The van der Waals surface area contributed by atoms with Crippen LogP contribution in [0, 0.1) is 0 Å². The van der Waals surface area contributed by atoms with Crippen molar-refractivity contribution in [2.24, 2.45) is 0 Å². The third kappa shape index (κ3) is 9.18. The average molecular weight is 673 g/mol. The molecular formula is C28H36N10O8S. The van der Waals surface area contributed by atoms with Crippen LogP contribution in [0.3, 0.4) is 0 Å². The molecule has 3 aromatic heterocycles. The molecule has 0 saturated carbocycles. The summed E-state index contributed by atoms with van der Waals surface area (Å²) >= 11 is 0.987. The fourth-order valence-electron chi connectivity index (χ4n) is 4.22. The Morgan fingerprint density at radius 2 is 1.11 bits per heavy atom. The van der Waals surface area contributed by atoms with Gasteiger partial charge in [0.05, 0.1) is 51.4 Å². The maximum absolute atomic E-state index is 12.4. The number of carbonyl (C=O) groups is 4. The molecule has 19 heteroatoms. The number of amides is 2. The summed E-state index contributed by atoms with van der Waals surface area (Å²) in [6.07, 6.45) is 1.63. The van der Waals surface area contributed by atoms with Crippen LogP contribution >= 0.6 is 11.7 Å². The highest BCUT2D eigenvalue weighted by Crippen LogP contribution is 2.33. The van der Waals surface area contributed by atoms with Gasteiger partial charge in [0.2, 0.25) is 0 Å². The first-order valence-corrected chi connectivity index (χ1v) is 15.0. The topological polar surface area (TPSA) is 216 Å². The number of rotatable bonds is 10. The summed E-state index contributed by atoms with van der Waals surface area (Å²) in [5.41, 5.74) is 1.61. The molecule has 0 fully saturated rings. The van der Waals surface area contributed by atoms with E-state index in [1.54, 1.807) is 66.1 Å². The molecule has 2 N–H and O–H groups in total. The zero-order valence-electron chi connectivity index (χ0n) is 27.1. The minimum absolute atomic E-state index is 0.0755. The van der Waals surface area contributed by atoms with Crippen molar-refractivity contribution in [1.29, 1.82) is 0 Å². The SMILES string of the molecule is COC(=O)[C@H](Cn1cc(-c2ccc(-c3cn(C[C@H](NC(=O)OC(C)(C)C)C(=O)OC)nn3)c3nsnc23)nn1)NC(=O)OC(C)(C)C. The van der Waals surface area contributed by atoms with E-state index in [0.717, 1.165) is 11.7 Å². The molecule has 0 unspecified atom stereocenters. The van der Waals surface area contributed by atoms with Gasteiger partial charge in [-0.3, -0.25) is 0 Å². The van der Waals surface area contributed by atoms with Crippen LogP contribution in [0.15, 0.2) is 24.5 Å². The Morgan fingerprint density at radius 3 is 1.45 bits per heavy atom. The summed E-state index contributed by atoms with van der Waals surface area (Å²) < 4.78 is 31.9. The van der Waals surface area contributed by atoms with Gasteiger partial charge in [-0.1, -0.05) is 10.4 Å². The van der Waals surface area contributed by atoms with Crippen LogP contribution in [0.25, 0.3) is 33.5 Å². The van der Waals surface area contributed by atoms with E-state index in [9.17, 15) is 19.2 Å². The zero-order chi connectivity index (χ0) is 34.5. The van der Waals surface area contributed by atoms with Crippen molar-refractivity contribution >= 4 is 46.9 Å². The number of hydrogen-bond donors (Lipinski definition) is 2. The first-order valence-electron chi connectivity index (χ1n) is 14.3. The molecule has 0 aliphatic heterocycles. The molecule has 4 aromatic rings. The van der Waals surface area contributed by atoms with Crippen LogP contribution in [0.1, 0.15) is 41.5 Å². The summed E-state index contributed by atoms with van der Waals surface area (Å²) in [6.45, 7) is 10.1. The van der Waals surface area contributed by atoms with E-state index in [1.807, 2.05) is 0 Å². The van der Waals surface area contributed by atoms with Crippen molar-refractivity contribution in [3.63, 3.8) is 0 Å². The Bertz CT molecular complexity index is 1630. The minimum Gasteiger partial charge on any atom is -0.467 e. The zero-order valence-corrected chi connectivity index (χ0v) is 27.9. The molecular weight excluding hydrogens is 636 g/mol. The summed E-state index contributed by atoms with van der Waals surface area (Å²) in [5, 5.41) is 21.7. The van der Waals surface area contributed by atoms with Crippen LogP contribution < -0.4 is 10.6 Å². The number of benzene rings is 1. The molecule has 47 heavy (non-hydrogen) atoms. The Morgan fingerprint density at radius 1 is 0.723 bits per heavy atom. The lowest BCUT2D eigenvalue weighted by Gasteiger charge is -2.22. The second kappa shape index (κ2) is 14.1. The molecule has 0 saturated heterocycles. The largest absolute Gasteiger partial charge is 0.467 e. The van der Waals surface area contributed by atoms with Gasteiger partial charge in [-0.25, -0.2) is 28.5 Å². The van der Waals surface area contributed by atoms with Gasteiger partial charge in [-0.05, 0) is 53.7 Å². The highest BCUT2D eigenvalue weighted by atomic mass is 32.1. The first-order chi connectivity index (χ1) is 22.1. The van der Waals surface area contributed by atoms with Gasteiger partial charge in [-0.15, -0.1) is 10.2 Å². The number of ether oxygens (including phenoxy) is 4. The molecule has 4 rings (SSSR count). The highest BCUT2D eigenvalue weighted by Gasteiger charge is 2.28. The van der Waals surface area contributed by atoms with Crippen molar-refractivity contribution in [3.8, 4) is 22.5 Å². The van der Waals surface area contributed by atoms with E-state index in [2.05, 4.69) is 40.0 Å². The Labute approximate surface area is 273 Å². The van der Waals surface area contributed by atoms with E-state index in [1.165, 1.54) is 23.6 Å². The van der Waals surface area contributed by atoms with Crippen LogP contribution in [-0.2, 0) is 41.6 Å². The van der Waals surface area contributed by atoms with E-state index >= 15 is 0 Å². The van der Waals surface area contributed by atoms with E-state index in [-0.39, 0.29) is 13.1 Å². The lowest BCUT2D eigenvalue weighted by molar-refractivity contribution is -0.144. The molecule has 18 nitrogen and oxygen atoms in total. The molecule has 0 bridgehead atoms. The van der Waals surface area contributed by atoms with Crippen molar-refractivity contribution in [3.05, 3.63) is 24.5 Å². The quantitative estimate of drug-likeness (QED) is 0.183. The molecule has 0 aliphatic carbocycles. The summed E-state index contributed by atoms with van der Waals surface area (Å²) in [6, 6.07) is 1.36. The van der Waals surface area contributed by atoms with Gasteiger partial charge in [0, 0.05) is 11.1 Å². The van der Waals surface area contributed by atoms with E-state index in [0.29, 0.717) is 33.5 Å². The Balaban J connectivity index is 1.53. The average Bonchev–Trinajstić information content (AvgIpc) is 3.75. The first kappa shape index (κ1) is 34.7. The van der Waals surface area contributed by atoms with E-state index < -0.39 is 47.4 Å². The number of nitrogens with zero attached hydrogens (tertiary/aromatic N) is 8. The van der Waals surface area contributed by atoms with Crippen molar-refractivity contribution in [2.45, 2.75) is 77.9 Å². The smallest absolute Gasteiger partial charge is 0.408 e. The standard InChI is InChI=1S/C28H36N10O8S/c1-27(2,3)45-25(41)29-19(23(39)43-7)13-37-11-17(31-35-37)15-9-10-16(22-21(15)33-47-34-22)18-12-38(36-32-18)14-20(24(40)44-8)30-26(42)46-28(4,5)6/h9-12,19-20H,13-14H2,1-8H3,(H,29,41)(H,30,42)/t19-,20-/m0/s1. The normalized spacial score (nSPS) is 13.0. The van der Waals surface area contributed by atoms with Gasteiger partial charge in [0.15, 0.2) is 0 Å². The number of aromatic nitrogens is 8. The highest BCUT2D eigenvalue weighted by molar-refractivity contribution is 7.00. The third-order valence-corrected chi connectivity index (χ3v) is 6.67. The van der Waals surface area contributed by atoms with Gasteiger partial charge in [0.25, 0.3) is 0 Å². The van der Waals surface area contributed by atoms with Crippen LogP contribution in [0.2, 0.25) is 0 Å². The second-order valence-corrected chi connectivity index (χ2v) is 12.7. The van der Waals surface area contributed by atoms with Crippen molar-refractivity contribution < 1.29 is 38.1 Å².